The van der Waals surface area contributed by atoms with Crippen molar-refractivity contribution >= 4 is 11.4 Å². The number of piperidine rings is 1. The van der Waals surface area contributed by atoms with Crippen molar-refractivity contribution in [2.45, 2.75) is 19.3 Å². The SMILES string of the molecule is CN1C=CN(c2[c-]c(Oc3[c-]c(-c4nc[c-]c(-c5[c-]c(Oc6[c-]cccc6)ccc5)c4N4CCCCC4)ccc3)ccc2)[CH-]1.[C-]#Cn1cccc1.[Pt+4].[Pt]. The van der Waals surface area contributed by atoms with E-state index in [-0.39, 0.29) is 42.1 Å². The van der Waals surface area contributed by atoms with E-state index in [1.807, 2.05) is 127 Å². The fourth-order valence-electron chi connectivity index (χ4n) is 5.86. The molecule has 4 heterocycles. The summed E-state index contributed by atoms with van der Waals surface area (Å²) in [6.07, 6.45) is 19.3. The minimum atomic E-state index is 0. The molecule has 1 fully saturated rings. The molecule has 270 valence electrons. The summed E-state index contributed by atoms with van der Waals surface area (Å²) in [5, 5.41) is 0. The normalized spacial score (nSPS) is 13.2. The van der Waals surface area contributed by atoms with Crippen molar-refractivity contribution in [3.63, 3.8) is 0 Å². The van der Waals surface area contributed by atoms with Crippen molar-refractivity contribution in [1.82, 2.24) is 14.5 Å². The molecule has 0 atom stereocenters. The van der Waals surface area contributed by atoms with Gasteiger partial charge < -0.3 is 40.1 Å². The number of rotatable bonds is 8. The predicted molar refractivity (Wildman–Crippen MR) is 199 cm³/mol. The van der Waals surface area contributed by atoms with Crippen LogP contribution in [0.15, 0.2) is 122 Å². The number of hydrogen-bond donors (Lipinski definition) is 0. The van der Waals surface area contributed by atoms with Gasteiger partial charge >= 0.3 is 21.1 Å². The van der Waals surface area contributed by atoms with Crippen LogP contribution in [0, 0.1) is 49.5 Å². The third-order valence-corrected chi connectivity index (χ3v) is 8.25. The monoisotopic (exact) mass is 1050 g/mol. The van der Waals surface area contributed by atoms with Gasteiger partial charge in [0.15, 0.2) is 0 Å². The molecule has 2 aliphatic rings. The summed E-state index contributed by atoms with van der Waals surface area (Å²) in [5.41, 5.74) is 5.41. The van der Waals surface area contributed by atoms with Crippen molar-refractivity contribution in [3.05, 3.63) is 165 Å². The van der Waals surface area contributed by atoms with Crippen LogP contribution in [-0.4, -0.2) is 34.6 Å². The van der Waals surface area contributed by atoms with E-state index in [1.54, 1.807) is 23.2 Å². The molecule has 0 unspecified atom stereocenters. The van der Waals surface area contributed by atoms with E-state index >= 15 is 0 Å². The van der Waals surface area contributed by atoms with Crippen molar-refractivity contribution in [3.8, 4) is 51.4 Å². The molecule has 1 saturated heterocycles. The Morgan fingerprint density at radius 2 is 1.40 bits per heavy atom. The van der Waals surface area contributed by atoms with Crippen LogP contribution in [0.2, 0.25) is 0 Å². The molecule has 2 aliphatic heterocycles. The van der Waals surface area contributed by atoms with Gasteiger partial charge in [-0.3, -0.25) is 11.1 Å². The van der Waals surface area contributed by atoms with E-state index in [2.05, 4.69) is 41.3 Å². The summed E-state index contributed by atoms with van der Waals surface area (Å²) < 4.78 is 13.9. The van der Waals surface area contributed by atoms with Gasteiger partial charge in [0.2, 0.25) is 0 Å². The molecule has 0 saturated carbocycles. The van der Waals surface area contributed by atoms with E-state index in [9.17, 15) is 0 Å². The first kappa shape index (κ1) is 39.2. The second kappa shape index (κ2) is 19.2. The number of anilines is 2. The molecule has 0 radical (unpaired) electrons. The molecule has 0 spiro atoms. The predicted octanol–water partition coefficient (Wildman–Crippen LogP) is 9.21. The van der Waals surface area contributed by atoms with Gasteiger partial charge in [-0.1, -0.05) is 24.4 Å². The van der Waals surface area contributed by atoms with Crippen LogP contribution >= 0.6 is 0 Å². The van der Waals surface area contributed by atoms with Gasteiger partial charge in [-0.25, -0.2) is 12.1 Å². The van der Waals surface area contributed by atoms with Gasteiger partial charge in [0, 0.05) is 69.5 Å². The molecule has 9 heteroatoms. The summed E-state index contributed by atoms with van der Waals surface area (Å²) >= 11 is 0. The first-order valence-electron chi connectivity index (χ1n) is 16.8. The number of ether oxygens (including phenoxy) is 2. The van der Waals surface area contributed by atoms with Crippen LogP contribution in [0.5, 0.6) is 23.0 Å². The van der Waals surface area contributed by atoms with Gasteiger partial charge in [0.25, 0.3) is 0 Å². The van der Waals surface area contributed by atoms with E-state index in [0.717, 1.165) is 59.7 Å². The Kier molecular flexibility index (Phi) is 14.2. The molecule has 0 aliphatic carbocycles. The Morgan fingerprint density at radius 1 is 0.736 bits per heavy atom. The standard InChI is InChI=1S/C38H30N4O2.C6H4N.2Pt/c1-40-23-24-42(28-40)31-13-10-18-35(27-31)44-34-17-9-12-30(26-34)37-38(41-21-6-3-7-22-41)36(19-20-39-37)29-11-8-16-33(25-29)43-32-14-4-2-5-15-32;1-2-7-5-3-4-6-7;;/h2,4-5,8-14,16-18,20,23-24,28H,3,6-7,21-22H2,1H3;3-6H;;/q-6;-1;;+4. The molecule has 53 heavy (non-hydrogen) atoms. The third-order valence-electron chi connectivity index (χ3n) is 8.25. The summed E-state index contributed by atoms with van der Waals surface area (Å²) in [6, 6.07) is 48.0. The number of pyridine rings is 1. The fourth-order valence-corrected chi connectivity index (χ4v) is 5.86. The summed E-state index contributed by atoms with van der Waals surface area (Å²) in [5.74, 6) is 2.47. The van der Waals surface area contributed by atoms with E-state index in [1.165, 1.54) is 6.42 Å². The van der Waals surface area contributed by atoms with Crippen LogP contribution in [-0.2, 0) is 42.1 Å². The molecule has 0 amide bonds. The zero-order valence-electron chi connectivity index (χ0n) is 28.8. The average molecular weight is 1050 g/mol. The Morgan fingerprint density at radius 3 is 2.06 bits per heavy atom. The number of nitrogens with zero attached hydrogens (tertiary/aromatic N) is 5. The third kappa shape index (κ3) is 10.1. The van der Waals surface area contributed by atoms with Crippen molar-refractivity contribution in [2.24, 2.45) is 0 Å². The molecule has 2 aromatic heterocycles. The van der Waals surface area contributed by atoms with E-state index < -0.39 is 0 Å². The topological polar surface area (TPSA) is 46.0 Å². The molecular weight excluding hydrogens is 1020 g/mol. The van der Waals surface area contributed by atoms with Crippen LogP contribution < -0.4 is 19.3 Å². The Bertz CT molecular complexity index is 2130. The van der Waals surface area contributed by atoms with Crippen LogP contribution in [0.25, 0.3) is 22.4 Å². The molecular formula is C44H34N5O2Pt2-3. The molecule has 8 rings (SSSR count). The van der Waals surface area contributed by atoms with Gasteiger partial charge in [-0.2, -0.15) is 49.1 Å². The molecule has 4 aromatic carbocycles. The minimum absolute atomic E-state index is 0. The first-order valence-corrected chi connectivity index (χ1v) is 16.8. The van der Waals surface area contributed by atoms with Gasteiger partial charge in [-0.15, -0.1) is 71.5 Å². The second-order valence-electron chi connectivity index (χ2n) is 11.9. The van der Waals surface area contributed by atoms with E-state index in [4.69, 9.17) is 20.9 Å². The Balaban J connectivity index is 0.000000542. The first-order chi connectivity index (χ1) is 25.1. The Hall–Kier alpha value is -5.01. The van der Waals surface area contributed by atoms with Crippen LogP contribution in [0.4, 0.5) is 11.4 Å². The molecule has 0 N–H and O–H groups in total. The van der Waals surface area contributed by atoms with Crippen LogP contribution in [0.3, 0.4) is 0 Å². The van der Waals surface area contributed by atoms with Crippen molar-refractivity contribution in [2.75, 3.05) is 29.9 Å². The summed E-state index contributed by atoms with van der Waals surface area (Å²) in [7, 11) is 1.99. The van der Waals surface area contributed by atoms with Crippen LogP contribution in [0.1, 0.15) is 19.3 Å². The van der Waals surface area contributed by atoms with E-state index in [0.29, 0.717) is 23.0 Å². The molecule has 0 bridgehead atoms. The second-order valence-corrected chi connectivity index (χ2v) is 11.9. The number of benzene rings is 4. The fraction of sp³-hybridized carbons (Fsp3) is 0.136. The molecule has 6 aromatic rings. The maximum Gasteiger partial charge on any atom is 4.00 e. The average Bonchev–Trinajstić information content (AvgIpc) is 3.88. The van der Waals surface area contributed by atoms with Gasteiger partial charge in [0.1, 0.15) is 0 Å². The smallest absolute Gasteiger partial charge is 0.669 e. The van der Waals surface area contributed by atoms with Gasteiger partial charge in [-0.05, 0) is 44.4 Å². The van der Waals surface area contributed by atoms with Crippen molar-refractivity contribution < 1.29 is 51.6 Å². The minimum Gasteiger partial charge on any atom is -0.669 e. The number of para-hydroxylation sites is 1. The zero-order chi connectivity index (χ0) is 34.8. The largest absolute Gasteiger partial charge is 4.00 e. The quantitative estimate of drug-likeness (QED) is 0.112. The van der Waals surface area contributed by atoms with Crippen molar-refractivity contribution in [1.29, 1.82) is 0 Å². The summed E-state index contributed by atoms with van der Waals surface area (Å²) in [6.45, 7) is 3.88. The Labute approximate surface area is 341 Å². The maximum absolute atomic E-state index is 6.57. The number of hydrogen-bond acceptors (Lipinski definition) is 6. The molecule has 7 nitrogen and oxygen atoms in total. The summed E-state index contributed by atoms with van der Waals surface area (Å²) in [4.78, 5) is 11.3. The maximum atomic E-state index is 6.57. The number of aromatic nitrogens is 2. The zero-order valence-corrected chi connectivity index (χ0v) is 33.4. The van der Waals surface area contributed by atoms with Gasteiger partial charge in [0.05, 0.1) is 0 Å².